The minimum Gasteiger partial charge on any atom is -0.361 e. The van der Waals surface area contributed by atoms with Crippen molar-refractivity contribution in [3.8, 4) is 0 Å². The number of nitrogens with zero attached hydrogens (tertiary/aromatic N) is 1. The lowest BCUT2D eigenvalue weighted by Crippen LogP contribution is -2.17. The van der Waals surface area contributed by atoms with Crippen molar-refractivity contribution < 1.29 is 4.52 Å². The molecule has 1 aliphatic carbocycles. The quantitative estimate of drug-likeness (QED) is 0.797. The van der Waals surface area contributed by atoms with E-state index < -0.39 is 0 Å². The van der Waals surface area contributed by atoms with Crippen molar-refractivity contribution in [2.45, 2.75) is 33.7 Å². The van der Waals surface area contributed by atoms with Crippen molar-refractivity contribution in [2.24, 2.45) is 11.8 Å². The zero-order valence-electron chi connectivity index (χ0n) is 9.13. The molecule has 1 heterocycles. The van der Waals surface area contributed by atoms with Gasteiger partial charge in [0.25, 0.3) is 0 Å². The molecule has 0 saturated heterocycles. The molecule has 1 aromatic heterocycles. The Bertz CT molecular complexity index is 300. The van der Waals surface area contributed by atoms with Crippen molar-refractivity contribution in [3.63, 3.8) is 0 Å². The first kappa shape index (κ1) is 9.71. The highest BCUT2D eigenvalue weighted by Gasteiger charge is 2.31. The van der Waals surface area contributed by atoms with Crippen LogP contribution in [0.3, 0.4) is 0 Å². The molecule has 0 aliphatic heterocycles. The maximum Gasteiger partial charge on any atom is 0.138 e. The summed E-state index contributed by atoms with van der Waals surface area (Å²) in [6.07, 6.45) is 1.38. The predicted octanol–water partition coefficient (Wildman–Crippen LogP) is 2.04. The molecule has 1 N–H and O–H groups in total. The normalized spacial score (nSPS) is 25.4. The Morgan fingerprint density at radius 1 is 1.50 bits per heavy atom. The molecule has 1 aromatic rings. The van der Waals surface area contributed by atoms with Gasteiger partial charge in [-0.1, -0.05) is 12.1 Å². The third-order valence-electron chi connectivity index (χ3n) is 3.17. The molecule has 2 rings (SSSR count). The molecule has 1 aliphatic rings. The van der Waals surface area contributed by atoms with Crippen LogP contribution >= 0.6 is 0 Å². The van der Waals surface area contributed by atoms with Gasteiger partial charge in [-0.15, -0.1) is 0 Å². The number of hydrogen-bond acceptors (Lipinski definition) is 3. The van der Waals surface area contributed by atoms with Gasteiger partial charge in [-0.05, 0) is 38.6 Å². The molecule has 14 heavy (non-hydrogen) atoms. The van der Waals surface area contributed by atoms with Crippen LogP contribution in [0.5, 0.6) is 0 Å². The Morgan fingerprint density at radius 3 is 2.71 bits per heavy atom. The smallest absolute Gasteiger partial charge is 0.138 e. The van der Waals surface area contributed by atoms with E-state index >= 15 is 0 Å². The van der Waals surface area contributed by atoms with Gasteiger partial charge in [0.1, 0.15) is 5.76 Å². The summed E-state index contributed by atoms with van der Waals surface area (Å²) in [6, 6.07) is 0. The summed E-state index contributed by atoms with van der Waals surface area (Å²) in [7, 11) is 0. The SMILES string of the molecule is Cc1noc(C)c1CNCC1CC1C. The highest BCUT2D eigenvalue weighted by molar-refractivity contribution is 5.20. The summed E-state index contributed by atoms with van der Waals surface area (Å²) in [4.78, 5) is 0. The van der Waals surface area contributed by atoms with E-state index in [1.165, 1.54) is 12.0 Å². The van der Waals surface area contributed by atoms with Crippen LogP contribution in [0, 0.1) is 25.7 Å². The molecule has 0 spiro atoms. The maximum atomic E-state index is 5.10. The molecule has 2 atom stereocenters. The van der Waals surface area contributed by atoms with E-state index in [9.17, 15) is 0 Å². The zero-order chi connectivity index (χ0) is 10.1. The van der Waals surface area contributed by atoms with Crippen LogP contribution in [0.2, 0.25) is 0 Å². The highest BCUT2D eigenvalue weighted by atomic mass is 16.5. The van der Waals surface area contributed by atoms with Crippen LogP contribution < -0.4 is 5.32 Å². The molecule has 2 unspecified atom stereocenters. The van der Waals surface area contributed by atoms with Gasteiger partial charge in [0.15, 0.2) is 0 Å². The van der Waals surface area contributed by atoms with Crippen molar-refractivity contribution >= 4 is 0 Å². The molecule has 78 valence electrons. The van der Waals surface area contributed by atoms with Crippen LogP contribution in [0.1, 0.15) is 30.4 Å². The van der Waals surface area contributed by atoms with E-state index in [0.717, 1.165) is 36.4 Å². The van der Waals surface area contributed by atoms with Gasteiger partial charge in [-0.25, -0.2) is 0 Å². The van der Waals surface area contributed by atoms with Crippen molar-refractivity contribution in [1.82, 2.24) is 10.5 Å². The first-order valence-electron chi connectivity index (χ1n) is 5.31. The fraction of sp³-hybridized carbons (Fsp3) is 0.727. The average molecular weight is 194 g/mol. The van der Waals surface area contributed by atoms with E-state index in [-0.39, 0.29) is 0 Å². The van der Waals surface area contributed by atoms with E-state index in [4.69, 9.17) is 4.52 Å². The minimum atomic E-state index is 0.893. The topological polar surface area (TPSA) is 38.1 Å². The molecule has 3 heteroatoms. The summed E-state index contributed by atoms with van der Waals surface area (Å²) >= 11 is 0. The molecule has 1 saturated carbocycles. The summed E-state index contributed by atoms with van der Waals surface area (Å²) in [5.74, 6) is 2.77. The fourth-order valence-corrected chi connectivity index (χ4v) is 1.82. The maximum absolute atomic E-state index is 5.10. The average Bonchev–Trinajstić information content (AvgIpc) is 2.76. The van der Waals surface area contributed by atoms with Gasteiger partial charge < -0.3 is 9.84 Å². The second-order valence-electron chi connectivity index (χ2n) is 4.41. The van der Waals surface area contributed by atoms with E-state index in [1.54, 1.807) is 0 Å². The van der Waals surface area contributed by atoms with E-state index in [0.29, 0.717) is 0 Å². The van der Waals surface area contributed by atoms with Gasteiger partial charge in [0, 0.05) is 12.1 Å². The molecule has 0 bridgehead atoms. The Labute approximate surface area is 84.9 Å². The molecule has 0 aromatic carbocycles. The fourth-order valence-electron chi connectivity index (χ4n) is 1.82. The number of aromatic nitrogens is 1. The van der Waals surface area contributed by atoms with Gasteiger partial charge in [-0.2, -0.15) is 0 Å². The number of rotatable bonds is 4. The summed E-state index contributed by atoms with van der Waals surface area (Å²) in [6.45, 7) is 8.29. The Balaban J connectivity index is 1.80. The number of nitrogens with one attached hydrogen (secondary N) is 1. The predicted molar refractivity (Wildman–Crippen MR) is 55.0 cm³/mol. The lowest BCUT2D eigenvalue weighted by atomic mass is 10.2. The van der Waals surface area contributed by atoms with Gasteiger partial charge in [-0.3, -0.25) is 0 Å². The molecule has 0 amide bonds. The largest absolute Gasteiger partial charge is 0.361 e. The Hall–Kier alpha value is -0.830. The lowest BCUT2D eigenvalue weighted by molar-refractivity contribution is 0.391. The van der Waals surface area contributed by atoms with Crippen LogP contribution in [0.15, 0.2) is 4.52 Å². The molecule has 0 radical (unpaired) electrons. The van der Waals surface area contributed by atoms with Crippen molar-refractivity contribution in [2.75, 3.05) is 6.54 Å². The van der Waals surface area contributed by atoms with E-state index in [1.807, 2.05) is 13.8 Å². The van der Waals surface area contributed by atoms with Crippen molar-refractivity contribution in [1.29, 1.82) is 0 Å². The second-order valence-corrected chi connectivity index (χ2v) is 4.41. The van der Waals surface area contributed by atoms with E-state index in [2.05, 4.69) is 17.4 Å². The van der Waals surface area contributed by atoms with Crippen LogP contribution in [-0.2, 0) is 6.54 Å². The van der Waals surface area contributed by atoms with Gasteiger partial charge in [0.05, 0.1) is 5.69 Å². The minimum absolute atomic E-state index is 0.893. The van der Waals surface area contributed by atoms with Crippen LogP contribution in [0.25, 0.3) is 0 Å². The zero-order valence-corrected chi connectivity index (χ0v) is 9.13. The summed E-state index contributed by atoms with van der Waals surface area (Å²) in [5.41, 5.74) is 2.23. The highest BCUT2D eigenvalue weighted by Crippen LogP contribution is 2.36. The van der Waals surface area contributed by atoms with Crippen molar-refractivity contribution in [3.05, 3.63) is 17.0 Å². The summed E-state index contributed by atoms with van der Waals surface area (Å²) < 4.78 is 5.10. The monoisotopic (exact) mass is 194 g/mol. The third kappa shape index (κ3) is 1.98. The molecule has 3 nitrogen and oxygen atoms in total. The molecular weight excluding hydrogens is 176 g/mol. The third-order valence-corrected chi connectivity index (χ3v) is 3.17. The van der Waals surface area contributed by atoms with Gasteiger partial charge >= 0.3 is 0 Å². The molecular formula is C11H18N2O. The second kappa shape index (κ2) is 3.73. The molecule has 1 fully saturated rings. The standard InChI is InChI=1S/C11H18N2O/c1-7-4-10(7)5-12-6-11-8(2)13-14-9(11)3/h7,10,12H,4-6H2,1-3H3. The number of hydrogen-bond donors (Lipinski definition) is 1. The van der Waals surface area contributed by atoms with Crippen LogP contribution in [-0.4, -0.2) is 11.7 Å². The first-order valence-corrected chi connectivity index (χ1v) is 5.31. The Kier molecular flexibility index (Phi) is 2.59. The first-order chi connectivity index (χ1) is 6.68. The van der Waals surface area contributed by atoms with Crippen LogP contribution in [0.4, 0.5) is 0 Å². The Morgan fingerprint density at radius 2 is 2.21 bits per heavy atom. The lowest BCUT2D eigenvalue weighted by Gasteiger charge is -2.02. The summed E-state index contributed by atoms with van der Waals surface area (Å²) in [5, 5.41) is 7.39. The number of aryl methyl sites for hydroxylation is 2. The van der Waals surface area contributed by atoms with Gasteiger partial charge in [0.2, 0.25) is 0 Å².